The number of benzene rings is 4. The normalized spacial score (nSPS) is 12.3. The lowest BCUT2D eigenvalue weighted by Crippen LogP contribution is -1.97. The number of aromatic nitrogens is 4. The predicted molar refractivity (Wildman–Crippen MR) is 223 cm³/mol. The Morgan fingerprint density at radius 2 is 0.736 bits per heavy atom. The van der Waals surface area contributed by atoms with E-state index in [2.05, 4.69) is 171 Å². The Morgan fingerprint density at radius 3 is 1.21 bits per heavy atom. The van der Waals surface area contributed by atoms with Crippen molar-refractivity contribution in [1.82, 2.24) is 19.9 Å². The van der Waals surface area contributed by atoms with Gasteiger partial charge in [0, 0.05) is 44.3 Å². The zero-order chi connectivity index (χ0) is 36.2. The van der Waals surface area contributed by atoms with Crippen molar-refractivity contribution < 1.29 is 0 Å². The number of nitrogens with one attached hydrogen (secondary N) is 2. The Morgan fingerprint density at radius 1 is 0.377 bits per heavy atom. The largest absolute Gasteiger partial charge is 0.397 e. The highest BCUT2D eigenvalue weighted by Crippen LogP contribution is 2.39. The molecule has 2 aliphatic heterocycles. The minimum Gasteiger partial charge on any atom is -0.397 e. The number of aryl methyl sites for hydroxylation is 4. The van der Waals surface area contributed by atoms with Crippen molar-refractivity contribution in [3.05, 3.63) is 166 Å². The minimum atomic E-state index is 0.607. The molecule has 5 nitrogen and oxygen atoms in total. The molecule has 5 heteroatoms. The first kappa shape index (κ1) is 32.2. The number of hydrogen-bond acceptors (Lipinski definition) is 3. The number of nitrogens with two attached hydrogens (primary N) is 1. The lowest BCUT2D eigenvalue weighted by atomic mass is 10.0. The summed E-state index contributed by atoms with van der Waals surface area (Å²) in [5.74, 6) is 0. The standard InChI is InChI=1S/C48H39N5/c1-28-5-13-32(14-6-28)44-37-21-22-38(50-37)45(33-15-7-29(2)8-16-33)40-25-26-42(52-40)47(35-19-11-31(4)12-20-35)48-36(49)27-43(53-48)46(41-24-23-39(44)51-41)34-17-9-30(3)10-18-34/h5-27,50,52H,49H2,1-4H3. The van der Waals surface area contributed by atoms with Crippen molar-refractivity contribution >= 4 is 46.0 Å². The Balaban J connectivity index is 1.49. The average Bonchev–Trinajstić information content (AvgIpc) is 3.99. The van der Waals surface area contributed by atoms with E-state index in [1.807, 2.05) is 6.08 Å². The molecule has 9 rings (SSSR count). The van der Waals surface area contributed by atoms with Crippen molar-refractivity contribution in [3.63, 3.8) is 0 Å². The Labute approximate surface area is 309 Å². The van der Waals surface area contributed by atoms with E-state index < -0.39 is 0 Å². The molecule has 8 bridgehead atoms. The lowest BCUT2D eigenvalue weighted by molar-refractivity contribution is 1.27. The minimum absolute atomic E-state index is 0.607. The summed E-state index contributed by atoms with van der Waals surface area (Å²) in [6.45, 7) is 8.44. The molecule has 0 fully saturated rings. The molecule has 0 radical (unpaired) electrons. The van der Waals surface area contributed by atoms with Crippen LogP contribution in [0.15, 0.2) is 121 Å². The van der Waals surface area contributed by atoms with E-state index in [0.29, 0.717) is 5.70 Å². The van der Waals surface area contributed by atoms with Crippen LogP contribution < -0.4 is 5.73 Å². The second-order valence-corrected chi connectivity index (χ2v) is 14.2. The molecule has 0 unspecified atom stereocenters. The molecule has 3 aromatic heterocycles. The van der Waals surface area contributed by atoms with Gasteiger partial charge in [0.05, 0.1) is 28.5 Å². The SMILES string of the molecule is Cc1ccc(-c2c3nc(c(-c4ccc(C)cc4)c4ccc([nH]4)c(-c4ccc(C)cc4)c4ccc([nH]4)c(-c4ccc(C)cc4)c4nc2C=C4N)C=C3)cc1. The summed E-state index contributed by atoms with van der Waals surface area (Å²) in [6.07, 6.45) is 6.23. The van der Waals surface area contributed by atoms with Crippen molar-refractivity contribution in [3.8, 4) is 44.5 Å². The van der Waals surface area contributed by atoms with E-state index >= 15 is 0 Å². The molecule has 0 amide bonds. The maximum atomic E-state index is 7.00. The Bertz CT molecular complexity index is 2780. The van der Waals surface area contributed by atoms with Crippen LogP contribution in [0.5, 0.6) is 0 Å². The predicted octanol–water partition coefficient (Wildman–Crippen LogP) is 11.8. The number of rotatable bonds is 4. The summed E-state index contributed by atoms with van der Waals surface area (Å²) in [5, 5.41) is 0. The first-order chi connectivity index (χ1) is 25.8. The molecule has 0 saturated heterocycles. The highest BCUT2D eigenvalue weighted by atomic mass is 14.8. The van der Waals surface area contributed by atoms with Gasteiger partial charge in [0.1, 0.15) is 0 Å². The van der Waals surface area contributed by atoms with Crippen LogP contribution in [0, 0.1) is 27.7 Å². The molecule has 0 aliphatic carbocycles. The van der Waals surface area contributed by atoms with E-state index in [9.17, 15) is 0 Å². The van der Waals surface area contributed by atoms with Crippen LogP contribution in [-0.2, 0) is 0 Å². The van der Waals surface area contributed by atoms with Gasteiger partial charge in [-0.25, -0.2) is 9.97 Å². The van der Waals surface area contributed by atoms with Gasteiger partial charge in [0.25, 0.3) is 0 Å². The van der Waals surface area contributed by atoms with Crippen LogP contribution in [0.1, 0.15) is 45.0 Å². The Hall–Kier alpha value is -6.72. The third-order valence-corrected chi connectivity index (χ3v) is 10.3. The van der Waals surface area contributed by atoms with E-state index in [4.69, 9.17) is 15.7 Å². The molecule has 53 heavy (non-hydrogen) atoms. The number of hydrogen-bond donors (Lipinski definition) is 3. The summed E-state index contributed by atoms with van der Waals surface area (Å²) in [7, 11) is 0. The van der Waals surface area contributed by atoms with Crippen LogP contribution in [0.2, 0.25) is 0 Å². The summed E-state index contributed by atoms with van der Waals surface area (Å²) in [6, 6.07) is 43.2. The van der Waals surface area contributed by atoms with Crippen LogP contribution in [-0.4, -0.2) is 19.9 Å². The van der Waals surface area contributed by atoms with E-state index in [-0.39, 0.29) is 0 Å². The molecule has 5 heterocycles. The van der Waals surface area contributed by atoms with Crippen LogP contribution in [0.4, 0.5) is 0 Å². The van der Waals surface area contributed by atoms with E-state index in [0.717, 1.165) is 89.4 Å². The number of fused-ring (bicyclic) bond motifs is 8. The van der Waals surface area contributed by atoms with Gasteiger partial charge < -0.3 is 15.7 Å². The van der Waals surface area contributed by atoms with Crippen LogP contribution in [0.3, 0.4) is 0 Å². The summed E-state index contributed by atoms with van der Waals surface area (Å²) >= 11 is 0. The van der Waals surface area contributed by atoms with Crippen molar-refractivity contribution in [1.29, 1.82) is 0 Å². The number of aromatic amines is 2. The first-order valence-electron chi connectivity index (χ1n) is 18.0. The topological polar surface area (TPSA) is 83.4 Å². The second kappa shape index (κ2) is 12.8. The van der Waals surface area contributed by atoms with Gasteiger partial charge >= 0.3 is 0 Å². The molecule has 2 aliphatic rings. The van der Waals surface area contributed by atoms with E-state index in [1.165, 1.54) is 22.3 Å². The van der Waals surface area contributed by atoms with Gasteiger partial charge in [-0.05, 0) is 92.4 Å². The molecule has 4 aromatic carbocycles. The lowest BCUT2D eigenvalue weighted by Gasteiger charge is -2.08. The third kappa shape index (κ3) is 5.86. The fourth-order valence-corrected chi connectivity index (χ4v) is 7.40. The monoisotopic (exact) mass is 685 g/mol. The van der Waals surface area contributed by atoms with Crippen LogP contribution in [0.25, 0.3) is 90.5 Å². The van der Waals surface area contributed by atoms with Gasteiger partial charge in [-0.3, -0.25) is 0 Å². The molecule has 0 saturated carbocycles. The number of H-pyrrole nitrogens is 2. The van der Waals surface area contributed by atoms with Gasteiger partial charge in [-0.1, -0.05) is 119 Å². The zero-order valence-electron chi connectivity index (χ0n) is 30.3. The molecule has 0 spiro atoms. The smallest absolute Gasteiger partial charge is 0.0966 e. The van der Waals surface area contributed by atoms with Gasteiger partial charge in [-0.15, -0.1) is 0 Å². The quantitative estimate of drug-likeness (QED) is 0.172. The highest BCUT2D eigenvalue weighted by molar-refractivity contribution is 6.01. The molecule has 4 N–H and O–H groups in total. The van der Waals surface area contributed by atoms with Crippen LogP contribution >= 0.6 is 0 Å². The highest BCUT2D eigenvalue weighted by Gasteiger charge is 2.22. The van der Waals surface area contributed by atoms with Crippen molar-refractivity contribution in [2.45, 2.75) is 27.7 Å². The second-order valence-electron chi connectivity index (χ2n) is 14.2. The maximum Gasteiger partial charge on any atom is 0.0966 e. The van der Waals surface area contributed by atoms with Gasteiger partial charge in [0.2, 0.25) is 0 Å². The van der Waals surface area contributed by atoms with Gasteiger partial charge in [-0.2, -0.15) is 0 Å². The van der Waals surface area contributed by atoms with Crippen molar-refractivity contribution in [2.24, 2.45) is 5.73 Å². The molecule has 7 aromatic rings. The third-order valence-electron chi connectivity index (χ3n) is 10.3. The average molecular weight is 686 g/mol. The maximum absolute atomic E-state index is 7.00. The fourth-order valence-electron chi connectivity index (χ4n) is 7.40. The molecule has 256 valence electrons. The van der Waals surface area contributed by atoms with Crippen molar-refractivity contribution in [2.75, 3.05) is 0 Å². The molecular formula is C48H39N5. The zero-order valence-corrected chi connectivity index (χ0v) is 30.3. The fraction of sp³-hybridized carbons (Fsp3) is 0.0833. The first-order valence-corrected chi connectivity index (χ1v) is 18.0. The summed E-state index contributed by atoms with van der Waals surface area (Å²) in [5.41, 5.74) is 27.7. The summed E-state index contributed by atoms with van der Waals surface area (Å²) in [4.78, 5) is 18.4. The Kier molecular flexibility index (Phi) is 7.78. The summed E-state index contributed by atoms with van der Waals surface area (Å²) < 4.78 is 0. The van der Waals surface area contributed by atoms with E-state index in [1.54, 1.807) is 0 Å². The molecular weight excluding hydrogens is 647 g/mol. The van der Waals surface area contributed by atoms with Gasteiger partial charge in [0.15, 0.2) is 0 Å². The number of nitrogens with zero attached hydrogens (tertiary/aromatic N) is 2. The molecule has 0 atom stereocenters.